The molecule has 0 saturated carbocycles. The van der Waals surface area contributed by atoms with E-state index in [1.54, 1.807) is 52.1 Å². The molecule has 7 heteroatoms. The van der Waals surface area contributed by atoms with Crippen molar-refractivity contribution in [2.45, 2.75) is 27.4 Å². The fourth-order valence-corrected chi connectivity index (χ4v) is 2.77. The van der Waals surface area contributed by atoms with E-state index in [1.807, 2.05) is 0 Å². The highest BCUT2D eigenvalue weighted by atomic mass is 16.5. The molecule has 0 radical (unpaired) electrons. The van der Waals surface area contributed by atoms with Crippen LogP contribution in [0, 0.1) is 20.8 Å². The number of methoxy groups -OCH3 is 1. The van der Waals surface area contributed by atoms with Gasteiger partial charge >= 0.3 is 5.97 Å². The third kappa shape index (κ3) is 2.57. The SMILES string of the molecule is COc1ccc(C(=O)OCc2c(C)c(=O)n3c(=O)c(C)c(C)n23)cc1. The van der Waals surface area contributed by atoms with Crippen LogP contribution in [0.15, 0.2) is 33.9 Å². The zero-order valence-electron chi connectivity index (χ0n) is 14.5. The molecule has 2 heterocycles. The Morgan fingerprint density at radius 2 is 1.56 bits per heavy atom. The van der Waals surface area contributed by atoms with Gasteiger partial charge in [0, 0.05) is 16.8 Å². The van der Waals surface area contributed by atoms with Gasteiger partial charge in [0.2, 0.25) is 0 Å². The van der Waals surface area contributed by atoms with Crippen LogP contribution in [-0.4, -0.2) is 22.1 Å². The highest BCUT2D eigenvalue weighted by Gasteiger charge is 2.21. The Balaban J connectivity index is 1.92. The summed E-state index contributed by atoms with van der Waals surface area (Å²) in [6, 6.07) is 6.53. The first-order valence-electron chi connectivity index (χ1n) is 7.74. The summed E-state index contributed by atoms with van der Waals surface area (Å²) in [4.78, 5) is 36.7. The summed E-state index contributed by atoms with van der Waals surface area (Å²) in [5.74, 6) is 0.122. The van der Waals surface area contributed by atoms with E-state index in [0.717, 1.165) is 4.52 Å². The molecule has 1 aromatic carbocycles. The van der Waals surface area contributed by atoms with Crippen LogP contribution in [0.2, 0.25) is 0 Å². The summed E-state index contributed by atoms with van der Waals surface area (Å²) >= 11 is 0. The summed E-state index contributed by atoms with van der Waals surface area (Å²) in [5, 5.41) is 0. The smallest absolute Gasteiger partial charge is 0.338 e. The molecule has 0 amide bonds. The molecule has 0 fully saturated rings. The lowest BCUT2D eigenvalue weighted by Crippen LogP contribution is -2.23. The minimum absolute atomic E-state index is 0.100. The molecule has 0 bridgehead atoms. The average molecular weight is 342 g/mol. The zero-order chi connectivity index (χ0) is 18.3. The van der Waals surface area contributed by atoms with Crippen LogP contribution in [0.5, 0.6) is 5.75 Å². The first-order chi connectivity index (χ1) is 11.9. The van der Waals surface area contributed by atoms with Crippen molar-refractivity contribution >= 4 is 5.97 Å². The number of fused-ring (bicyclic) bond motifs is 1. The number of aryl methyl sites for hydroxylation is 1. The Morgan fingerprint density at radius 1 is 0.960 bits per heavy atom. The van der Waals surface area contributed by atoms with Gasteiger partial charge in [0.05, 0.1) is 18.4 Å². The van der Waals surface area contributed by atoms with E-state index in [9.17, 15) is 14.4 Å². The van der Waals surface area contributed by atoms with E-state index < -0.39 is 11.5 Å². The average Bonchev–Trinajstić information content (AvgIpc) is 3.00. The number of hydrogen-bond donors (Lipinski definition) is 0. The lowest BCUT2D eigenvalue weighted by Gasteiger charge is -2.07. The highest BCUT2D eigenvalue weighted by Crippen LogP contribution is 2.14. The van der Waals surface area contributed by atoms with Crippen LogP contribution in [0.1, 0.15) is 32.9 Å². The van der Waals surface area contributed by atoms with E-state index in [1.165, 1.54) is 4.52 Å². The first-order valence-corrected chi connectivity index (χ1v) is 7.74. The van der Waals surface area contributed by atoms with E-state index in [-0.39, 0.29) is 12.2 Å². The third-order valence-corrected chi connectivity index (χ3v) is 4.44. The molecular weight excluding hydrogens is 324 g/mol. The van der Waals surface area contributed by atoms with Crippen molar-refractivity contribution < 1.29 is 14.3 Å². The van der Waals surface area contributed by atoms with Gasteiger partial charge in [-0.15, -0.1) is 0 Å². The van der Waals surface area contributed by atoms with Gasteiger partial charge in [0.25, 0.3) is 11.1 Å². The normalized spacial score (nSPS) is 11.0. The summed E-state index contributed by atoms with van der Waals surface area (Å²) in [6.07, 6.45) is 0. The summed E-state index contributed by atoms with van der Waals surface area (Å²) in [7, 11) is 1.54. The maximum Gasteiger partial charge on any atom is 0.338 e. The van der Waals surface area contributed by atoms with Crippen molar-refractivity contribution in [3.63, 3.8) is 0 Å². The Morgan fingerprint density at radius 3 is 2.16 bits per heavy atom. The van der Waals surface area contributed by atoms with E-state index in [2.05, 4.69) is 0 Å². The summed E-state index contributed by atoms with van der Waals surface area (Å²) < 4.78 is 13.0. The minimum atomic E-state index is -0.516. The number of esters is 1. The van der Waals surface area contributed by atoms with Crippen molar-refractivity contribution in [3.8, 4) is 5.75 Å². The van der Waals surface area contributed by atoms with Gasteiger partial charge in [-0.1, -0.05) is 0 Å². The van der Waals surface area contributed by atoms with Crippen molar-refractivity contribution in [1.82, 2.24) is 9.03 Å². The monoisotopic (exact) mass is 342 g/mol. The molecule has 0 aliphatic heterocycles. The molecular formula is C18H18N2O5. The Labute approximate surface area is 143 Å². The van der Waals surface area contributed by atoms with Gasteiger partial charge in [0.15, 0.2) is 0 Å². The van der Waals surface area contributed by atoms with Gasteiger partial charge in [-0.05, 0) is 45.0 Å². The standard InChI is InChI=1S/C18H18N2O5/c1-10-12(3)19-15(11(2)17(22)20(19)16(10)21)9-25-18(23)13-5-7-14(24-4)8-6-13/h5-8H,9H2,1-4H3. The molecule has 0 saturated heterocycles. The Hall–Kier alpha value is -3.09. The molecule has 25 heavy (non-hydrogen) atoms. The number of carbonyl (C=O) groups is 1. The van der Waals surface area contributed by atoms with E-state index in [0.29, 0.717) is 33.8 Å². The maximum absolute atomic E-state index is 12.3. The summed E-state index contributed by atoms with van der Waals surface area (Å²) in [5.41, 5.74) is 1.68. The topological polar surface area (TPSA) is 78.5 Å². The van der Waals surface area contributed by atoms with Gasteiger partial charge in [-0.2, -0.15) is 4.52 Å². The molecule has 0 aliphatic rings. The zero-order valence-corrected chi connectivity index (χ0v) is 14.5. The van der Waals surface area contributed by atoms with Gasteiger partial charge in [-0.3, -0.25) is 9.59 Å². The fourth-order valence-electron chi connectivity index (χ4n) is 2.77. The number of benzene rings is 1. The molecule has 3 aromatic rings. The fraction of sp³-hybridized carbons (Fsp3) is 0.278. The highest BCUT2D eigenvalue weighted by molar-refractivity contribution is 5.89. The third-order valence-electron chi connectivity index (χ3n) is 4.44. The molecule has 7 nitrogen and oxygen atoms in total. The lowest BCUT2D eigenvalue weighted by atomic mass is 10.2. The van der Waals surface area contributed by atoms with Crippen LogP contribution < -0.4 is 15.9 Å². The van der Waals surface area contributed by atoms with Gasteiger partial charge < -0.3 is 9.47 Å². The molecule has 0 aliphatic carbocycles. The number of aromatic nitrogens is 2. The van der Waals surface area contributed by atoms with Crippen LogP contribution in [0.25, 0.3) is 0 Å². The Kier molecular flexibility index (Phi) is 4.08. The lowest BCUT2D eigenvalue weighted by molar-refractivity contribution is 0.0464. The van der Waals surface area contributed by atoms with Crippen molar-refractivity contribution in [2.75, 3.05) is 7.11 Å². The minimum Gasteiger partial charge on any atom is -0.497 e. The second kappa shape index (κ2) is 6.08. The number of hydrogen-bond acceptors (Lipinski definition) is 5. The number of carbonyl (C=O) groups excluding carboxylic acids is 1. The first kappa shape index (κ1) is 16.8. The molecule has 0 spiro atoms. The number of nitrogens with zero attached hydrogens (tertiary/aromatic N) is 2. The van der Waals surface area contributed by atoms with Crippen LogP contribution in [0.3, 0.4) is 0 Å². The predicted octanol–water partition coefficient (Wildman–Crippen LogP) is 1.49. The predicted molar refractivity (Wildman–Crippen MR) is 90.9 cm³/mol. The van der Waals surface area contributed by atoms with Gasteiger partial charge in [0.1, 0.15) is 12.4 Å². The molecule has 3 rings (SSSR count). The summed E-state index contributed by atoms with van der Waals surface area (Å²) in [6.45, 7) is 4.94. The van der Waals surface area contributed by atoms with Crippen molar-refractivity contribution in [3.05, 3.63) is 73.1 Å². The van der Waals surface area contributed by atoms with E-state index >= 15 is 0 Å². The second-order valence-electron chi connectivity index (χ2n) is 5.82. The molecule has 0 unspecified atom stereocenters. The molecule has 0 atom stereocenters. The van der Waals surface area contributed by atoms with Crippen molar-refractivity contribution in [1.29, 1.82) is 0 Å². The molecule has 2 aromatic heterocycles. The van der Waals surface area contributed by atoms with Crippen LogP contribution in [0.4, 0.5) is 0 Å². The largest absolute Gasteiger partial charge is 0.497 e. The molecule has 130 valence electrons. The second-order valence-corrected chi connectivity index (χ2v) is 5.82. The van der Waals surface area contributed by atoms with Crippen LogP contribution in [-0.2, 0) is 11.3 Å². The number of rotatable bonds is 4. The Bertz CT molecular complexity index is 1060. The van der Waals surface area contributed by atoms with Gasteiger partial charge in [-0.25, -0.2) is 9.31 Å². The quantitative estimate of drug-likeness (QED) is 0.671. The van der Waals surface area contributed by atoms with Crippen molar-refractivity contribution in [2.24, 2.45) is 0 Å². The maximum atomic E-state index is 12.3. The van der Waals surface area contributed by atoms with Crippen LogP contribution >= 0.6 is 0 Å². The van der Waals surface area contributed by atoms with E-state index in [4.69, 9.17) is 9.47 Å². The number of ether oxygens (including phenoxy) is 2. The molecule has 0 N–H and O–H groups in total.